The summed E-state index contributed by atoms with van der Waals surface area (Å²) < 4.78 is 11.6. The predicted octanol–water partition coefficient (Wildman–Crippen LogP) is 3.53. The van der Waals surface area contributed by atoms with Gasteiger partial charge < -0.3 is 14.8 Å². The minimum atomic E-state index is -0.439. The molecule has 2 aromatic carbocycles. The lowest BCUT2D eigenvalue weighted by Gasteiger charge is -2.12. The number of nitriles is 1. The first-order valence-electron chi connectivity index (χ1n) is 7.44. The predicted molar refractivity (Wildman–Crippen MR) is 104 cm³/mol. The van der Waals surface area contributed by atoms with Gasteiger partial charge in [-0.25, -0.2) is 0 Å². The topological polar surface area (TPSA) is 71.3 Å². The number of ether oxygens (including phenoxy) is 2. The molecule has 2 rings (SSSR count). The number of carbonyl (C=O) groups is 1. The molecule has 0 heterocycles. The summed E-state index contributed by atoms with van der Waals surface area (Å²) in [6, 6.07) is 15.1. The number of hydrogen-bond donors (Lipinski definition) is 1. The van der Waals surface area contributed by atoms with Gasteiger partial charge in [0.05, 0.1) is 14.2 Å². The molecule has 5 nitrogen and oxygen atoms in total. The highest BCUT2D eigenvalue weighted by molar-refractivity contribution is 14.1. The molecule has 1 N–H and O–H groups in total. The number of halogens is 1. The van der Waals surface area contributed by atoms with Crippen molar-refractivity contribution in [2.75, 3.05) is 14.2 Å². The van der Waals surface area contributed by atoms with Crippen LogP contribution in [0.15, 0.2) is 48.0 Å². The van der Waals surface area contributed by atoms with E-state index in [1.54, 1.807) is 7.11 Å². The smallest absolute Gasteiger partial charge is 0.262 e. The van der Waals surface area contributed by atoms with Crippen molar-refractivity contribution in [1.29, 1.82) is 5.26 Å². The molecule has 1 amide bonds. The maximum atomic E-state index is 12.3. The zero-order valence-electron chi connectivity index (χ0n) is 13.9. The summed E-state index contributed by atoms with van der Waals surface area (Å²) in [6.07, 6.45) is 1.50. The first-order chi connectivity index (χ1) is 12.1. The largest absolute Gasteiger partial charge is 0.493 e. The van der Waals surface area contributed by atoms with E-state index in [0.717, 1.165) is 9.13 Å². The van der Waals surface area contributed by atoms with E-state index >= 15 is 0 Å². The van der Waals surface area contributed by atoms with E-state index in [1.165, 1.54) is 13.2 Å². The SMILES string of the molecule is COc1cc(I)cc(/C=C(/C#N)C(=O)NCc2ccccc2)c1OC. The molecular formula is C19H17IN2O3. The molecule has 0 aliphatic heterocycles. The monoisotopic (exact) mass is 448 g/mol. The average molecular weight is 448 g/mol. The minimum Gasteiger partial charge on any atom is -0.493 e. The van der Waals surface area contributed by atoms with Crippen LogP contribution in [0, 0.1) is 14.9 Å². The number of amides is 1. The summed E-state index contributed by atoms with van der Waals surface area (Å²) in [5.74, 6) is 0.584. The fraction of sp³-hybridized carbons (Fsp3) is 0.158. The Morgan fingerprint density at radius 2 is 1.96 bits per heavy atom. The van der Waals surface area contributed by atoms with Crippen LogP contribution in [0.5, 0.6) is 11.5 Å². The van der Waals surface area contributed by atoms with Gasteiger partial charge in [0.1, 0.15) is 11.6 Å². The Balaban J connectivity index is 2.26. The molecule has 0 saturated carbocycles. The number of nitrogens with one attached hydrogen (secondary N) is 1. The Labute approximate surface area is 160 Å². The fourth-order valence-electron chi connectivity index (χ4n) is 2.24. The van der Waals surface area contributed by atoms with E-state index in [2.05, 4.69) is 27.9 Å². The molecule has 0 aliphatic carbocycles. The molecule has 0 spiro atoms. The van der Waals surface area contributed by atoms with Crippen molar-refractivity contribution in [2.45, 2.75) is 6.54 Å². The Hall–Kier alpha value is -2.53. The van der Waals surface area contributed by atoms with Gasteiger partial charge in [0.15, 0.2) is 11.5 Å². The van der Waals surface area contributed by atoms with E-state index in [1.807, 2.05) is 48.5 Å². The van der Waals surface area contributed by atoms with Crippen molar-refractivity contribution in [3.8, 4) is 17.6 Å². The molecule has 0 saturated heterocycles. The van der Waals surface area contributed by atoms with Crippen molar-refractivity contribution in [2.24, 2.45) is 0 Å². The molecule has 128 valence electrons. The number of hydrogen-bond acceptors (Lipinski definition) is 4. The Morgan fingerprint density at radius 1 is 1.24 bits per heavy atom. The lowest BCUT2D eigenvalue weighted by atomic mass is 10.1. The van der Waals surface area contributed by atoms with Crippen molar-refractivity contribution in [3.63, 3.8) is 0 Å². The third-order valence-corrected chi connectivity index (χ3v) is 4.06. The maximum Gasteiger partial charge on any atom is 0.262 e. The van der Waals surface area contributed by atoms with Crippen LogP contribution in [0.1, 0.15) is 11.1 Å². The normalized spacial score (nSPS) is 10.7. The van der Waals surface area contributed by atoms with Crippen LogP contribution >= 0.6 is 22.6 Å². The zero-order valence-corrected chi connectivity index (χ0v) is 16.0. The standard InChI is InChI=1S/C19H17IN2O3/c1-24-17-10-16(20)9-14(18(17)25-2)8-15(11-21)19(23)22-12-13-6-4-3-5-7-13/h3-10H,12H2,1-2H3,(H,22,23)/b15-8-. The number of carbonyl (C=O) groups excluding carboxylic acids is 1. The summed E-state index contributed by atoms with van der Waals surface area (Å²) in [7, 11) is 3.06. The Bertz CT molecular complexity index is 827. The Morgan fingerprint density at radius 3 is 2.56 bits per heavy atom. The first kappa shape index (κ1) is 18.8. The molecule has 0 fully saturated rings. The van der Waals surface area contributed by atoms with Crippen LogP contribution < -0.4 is 14.8 Å². The number of methoxy groups -OCH3 is 2. The highest BCUT2D eigenvalue weighted by Crippen LogP contribution is 2.34. The fourth-order valence-corrected chi connectivity index (χ4v) is 2.86. The lowest BCUT2D eigenvalue weighted by Crippen LogP contribution is -2.23. The number of rotatable bonds is 6. The van der Waals surface area contributed by atoms with E-state index in [4.69, 9.17) is 9.47 Å². The van der Waals surface area contributed by atoms with Gasteiger partial charge in [-0.05, 0) is 46.4 Å². The van der Waals surface area contributed by atoms with Gasteiger partial charge in [-0.3, -0.25) is 4.79 Å². The first-order valence-corrected chi connectivity index (χ1v) is 8.52. The second-order valence-electron chi connectivity index (χ2n) is 5.07. The second-order valence-corrected chi connectivity index (χ2v) is 6.31. The van der Waals surface area contributed by atoms with Crippen molar-refractivity contribution >= 4 is 34.6 Å². The second kappa shape index (κ2) is 9.08. The molecule has 0 aromatic heterocycles. The van der Waals surface area contributed by atoms with Gasteiger partial charge in [0, 0.05) is 15.7 Å². The molecule has 0 aliphatic rings. The molecule has 25 heavy (non-hydrogen) atoms. The van der Waals surface area contributed by atoms with E-state index in [9.17, 15) is 10.1 Å². The van der Waals surface area contributed by atoms with Gasteiger partial charge in [0.25, 0.3) is 5.91 Å². The summed E-state index contributed by atoms with van der Waals surface area (Å²) in [4.78, 5) is 12.3. The minimum absolute atomic E-state index is 0.00159. The van der Waals surface area contributed by atoms with Crippen molar-refractivity contribution in [1.82, 2.24) is 5.32 Å². The van der Waals surface area contributed by atoms with Gasteiger partial charge in [-0.1, -0.05) is 30.3 Å². The van der Waals surface area contributed by atoms with E-state index in [0.29, 0.717) is 23.6 Å². The van der Waals surface area contributed by atoms with Crippen molar-refractivity contribution < 1.29 is 14.3 Å². The Kier molecular flexibility index (Phi) is 6.83. The van der Waals surface area contributed by atoms with Gasteiger partial charge >= 0.3 is 0 Å². The maximum absolute atomic E-state index is 12.3. The molecule has 0 bridgehead atoms. The van der Waals surface area contributed by atoms with Crippen LogP contribution in [-0.4, -0.2) is 20.1 Å². The zero-order chi connectivity index (χ0) is 18.2. The summed E-state index contributed by atoms with van der Waals surface area (Å²) >= 11 is 2.14. The highest BCUT2D eigenvalue weighted by atomic mass is 127. The van der Waals surface area contributed by atoms with Gasteiger partial charge in [-0.2, -0.15) is 5.26 Å². The highest BCUT2D eigenvalue weighted by Gasteiger charge is 2.14. The van der Waals surface area contributed by atoms with Crippen molar-refractivity contribution in [3.05, 3.63) is 62.7 Å². The van der Waals surface area contributed by atoms with Gasteiger partial charge in [0.2, 0.25) is 0 Å². The van der Waals surface area contributed by atoms with Crippen LogP contribution in [0.3, 0.4) is 0 Å². The molecular weight excluding hydrogens is 431 g/mol. The molecule has 0 unspecified atom stereocenters. The summed E-state index contributed by atoms with van der Waals surface area (Å²) in [5, 5.41) is 12.1. The molecule has 0 radical (unpaired) electrons. The average Bonchev–Trinajstić information content (AvgIpc) is 2.64. The number of nitrogens with zero attached hydrogens (tertiary/aromatic N) is 1. The van der Waals surface area contributed by atoms with Crippen LogP contribution in [-0.2, 0) is 11.3 Å². The van der Waals surface area contributed by atoms with Crippen LogP contribution in [0.4, 0.5) is 0 Å². The summed E-state index contributed by atoms with van der Waals surface area (Å²) in [5.41, 5.74) is 1.57. The third-order valence-electron chi connectivity index (χ3n) is 3.43. The van der Waals surface area contributed by atoms with Crippen LogP contribution in [0.2, 0.25) is 0 Å². The van der Waals surface area contributed by atoms with Crippen LogP contribution in [0.25, 0.3) is 6.08 Å². The van der Waals surface area contributed by atoms with E-state index < -0.39 is 5.91 Å². The van der Waals surface area contributed by atoms with E-state index in [-0.39, 0.29) is 5.57 Å². The molecule has 0 atom stereocenters. The lowest BCUT2D eigenvalue weighted by molar-refractivity contribution is -0.117. The number of benzene rings is 2. The summed E-state index contributed by atoms with van der Waals surface area (Å²) in [6.45, 7) is 0.353. The molecule has 6 heteroatoms. The molecule has 2 aromatic rings. The third kappa shape index (κ3) is 4.97. The van der Waals surface area contributed by atoms with Gasteiger partial charge in [-0.15, -0.1) is 0 Å². The quantitative estimate of drug-likeness (QED) is 0.417.